The molecule has 0 aromatic heterocycles. The van der Waals surface area contributed by atoms with Crippen molar-refractivity contribution in [1.82, 2.24) is 0 Å². The molecule has 3 rings (SSSR count). The first-order chi connectivity index (χ1) is 11.0. The maximum Gasteiger partial charge on any atom is 0.256 e. The van der Waals surface area contributed by atoms with E-state index >= 15 is 0 Å². The average Bonchev–Trinajstić information content (AvgIpc) is 2.79. The summed E-state index contributed by atoms with van der Waals surface area (Å²) in [5.41, 5.74) is 3.52. The van der Waals surface area contributed by atoms with Crippen LogP contribution in [0.2, 0.25) is 0 Å². The molecule has 1 aliphatic heterocycles. The number of anilines is 2. The van der Waals surface area contributed by atoms with Gasteiger partial charge in [0.2, 0.25) is 5.91 Å². The summed E-state index contributed by atoms with van der Waals surface area (Å²) in [5.74, 6) is -0.370. The van der Waals surface area contributed by atoms with E-state index in [4.69, 9.17) is 0 Å². The van der Waals surface area contributed by atoms with E-state index in [2.05, 4.69) is 21.2 Å². The molecule has 0 saturated carbocycles. The lowest BCUT2D eigenvalue weighted by Crippen LogP contribution is -2.35. The number of hydrogen-bond acceptors (Lipinski definition) is 3. The van der Waals surface area contributed by atoms with E-state index in [-0.39, 0.29) is 18.2 Å². The highest BCUT2D eigenvalue weighted by Crippen LogP contribution is 2.29. The standard InChI is InChI=1S/C18H17BrN2O2/c1-11-4-3-5-16(12(11)2)21-17(22)10-15(18(21)23)20-14-8-6-13(19)7-9-14/h3-9,15,20H,10H2,1-2H3. The van der Waals surface area contributed by atoms with Crippen LogP contribution in [-0.4, -0.2) is 17.9 Å². The monoisotopic (exact) mass is 372 g/mol. The smallest absolute Gasteiger partial charge is 0.256 e. The van der Waals surface area contributed by atoms with Crippen molar-refractivity contribution in [3.8, 4) is 0 Å². The zero-order valence-electron chi connectivity index (χ0n) is 13.0. The van der Waals surface area contributed by atoms with Crippen molar-refractivity contribution in [1.29, 1.82) is 0 Å². The Hall–Kier alpha value is -2.14. The van der Waals surface area contributed by atoms with Crippen LogP contribution in [0.15, 0.2) is 46.9 Å². The minimum atomic E-state index is -0.524. The molecular formula is C18H17BrN2O2. The second-order valence-corrected chi connectivity index (χ2v) is 6.61. The third-order valence-electron chi connectivity index (χ3n) is 4.15. The maximum atomic E-state index is 12.7. The molecule has 2 amide bonds. The lowest BCUT2D eigenvalue weighted by atomic mass is 10.1. The second-order valence-electron chi connectivity index (χ2n) is 5.69. The molecule has 1 atom stereocenters. The molecule has 1 N–H and O–H groups in total. The number of aryl methyl sites for hydroxylation is 1. The fraction of sp³-hybridized carbons (Fsp3) is 0.222. The first-order valence-corrected chi connectivity index (χ1v) is 8.22. The molecule has 1 saturated heterocycles. The van der Waals surface area contributed by atoms with E-state index < -0.39 is 6.04 Å². The number of amides is 2. The lowest BCUT2D eigenvalue weighted by Gasteiger charge is -2.19. The van der Waals surface area contributed by atoms with Crippen LogP contribution >= 0.6 is 15.9 Å². The van der Waals surface area contributed by atoms with Gasteiger partial charge in [0.05, 0.1) is 12.1 Å². The third-order valence-corrected chi connectivity index (χ3v) is 4.68. The highest BCUT2D eigenvalue weighted by Gasteiger charge is 2.40. The predicted octanol–water partition coefficient (Wildman–Crippen LogP) is 3.81. The van der Waals surface area contributed by atoms with Crippen molar-refractivity contribution in [2.75, 3.05) is 10.2 Å². The maximum absolute atomic E-state index is 12.7. The van der Waals surface area contributed by atoms with Crippen LogP contribution in [0.4, 0.5) is 11.4 Å². The number of benzene rings is 2. The van der Waals surface area contributed by atoms with E-state index in [0.29, 0.717) is 5.69 Å². The first kappa shape index (κ1) is 15.7. The Morgan fingerprint density at radius 3 is 2.48 bits per heavy atom. The molecule has 1 heterocycles. The zero-order valence-corrected chi connectivity index (χ0v) is 14.6. The quantitative estimate of drug-likeness (QED) is 0.833. The van der Waals surface area contributed by atoms with Crippen LogP contribution < -0.4 is 10.2 Å². The van der Waals surface area contributed by atoms with Crippen LogP contribution in [-0.2, 0) is 9.59 Å². The fourth-order valence-electron chi connectivity index (χ4n) is 2.72. The van der Waals surface area contributed by atoms with E-state index in [9.17, 15) is 9.59 Å². The summed E-state index contributed by atoms with van der Waals surface area (Å²) in [7, 11) is 0. The first-order valence-electron chi connectivity index (χ1n) is 7.42. The molecule has 0 radical (unpaired) electrons. The van der Waals surface area contributed by atoms with Gasteiger partial charge >= 0.3 is 0 Å². The van der Waals surface area contributed by atoms with Gasteiger partial charge in [-0.2, -0.15) is 0 Å². The Balaban J connectivity index is 1.85. The van der Waals surface area contributed by atoms with E-state index in [1.54, 1.807) is 0 Å². The van der Waals surface area contributed by atoms with Crippen molar-refractivity contribution in [3.05, 3.63) is 58.1 Å². The van der Waals surface area contributed by atoms with Crippen molar-refractivity contribution >= 4 is 39.1 Å². The van der Waals surface area contributed by atoms with E-state index in [1.165, 1.54) is 4.90 Å². The summed E-state index contributed by atoms with van der Waals surface area (Å²) in [5, 5.41) is 3.15. The van der Waals surface area contributed by atoms with E-state index in [1.807, 2.05) is 56.3 Å². The number of hydrogen-bond donors (Lipinski definition) is 1. The van der Waals surface area contributed by atoms with Gasteiger partial charge in [-0.1, -0.05) is 28.1 Å². The zero-order chi connectivity index (χ0) is 16.6. The van der Waals surface area contributed by atoms with Crippen molar-refractivity contribution < 1.29 is 9.59 Å². The van der Waals surface area contributed by atoms with Gasteiger partial charge in [0.15, 0.2) is 0 Å². The Bertz CT molecular complexity index is 771. The summed E-state index contributed by atoms with van der Waals surface area (Å²) in [6.07, 6.45) is 0.169. The van der Waals surface area contributed by atoms with Crippen molar-refractivity contribution in [3.63, 3.8) is 0 Å². The minimum Gasteiger partial charge on any atom is -0.373 e. The average molecular weight is 373 g/mol. The number of nitrogens with one attached hydrogen (secondary N) is 1. The largest absolute Gasteiger partial charge is 0.373 e. The highest BCUT2D eigenvalue weighted by molar-refractivity contribution is 9.10. The van der Waals surface area contributed by atoms with Crippen LogP contribution in [0.5, 0.6) is 0 Å². The number of rotatable bonds is 3. The van der Waals surface area contributed by atoms with Gasteiger partial charge in [-0.3, -0.25) is 9.59 Å². The molecule has 1 fully saturated rings. The van der Waals surface area contributed by atoms with Crippen LogP contribution in [0.25, 0.3) is 0 Å². The molecule has 5 heteroatoms. The van der Waals surface area contributed by atoms with Gasteiger partial charge in [-0.05, 0) is 55.3 Å². The molecule has 118 valence electrons. The van der Waals surface area contributed by atoms with Gasteiger partial charge in [-0.25, -0.2) is 4.90 Å². The number of carbonyl (C=O) groups excluding carboxylic acids is 2. The second kappa shape index (κ2) is 6.16. The van der Waals surface area contributed by atoms with Gasteiger partial charge in [-0.15, -0.1) is 0 Å². The summed E-state index contributed by atoms with van der Waals surface area (Å²) in [6, 6.07) is 12.7. The molecule has 1 aliphatic rings. The van der Waals surface area contributed by atoms with Gasteiger partial charge in [0.1, 0.15) is 6.04 Å². The van der Waals surface area contributed by atoms with Crippen molar-refractivity contribution in [2.45, 2.75) is 26.3 Å². The van der Waals surface area contributed by atoms with Gasteiger partial charge < -0.3 is 5.32 Å². The van der Waals surface area contributed by atoms with Gasteiger partial charge in [0.25, 0.3) is 5.91 Å². The number of nitrogens with zero attached hydrogens (tertiary/aromatic N) is 1. The summed E-state index contributed by atoms with van der Waals surface area (Å²) < 4.78 is 0.967. The number of carbonyl (C=O) groups is 2. The summed E-state index contributed by atoms with van der Waals surface area (Å²) >= 11 is 3.38. The SMILES string of the molecule is Cc1cccc(N2C(=O)CC(Nc3ccc(Br)cc3)C2=O)c1C. The minimum absolute atomic E-state index is 0.168. The molecule has 2 aromatic rings. The summed E-state index contributed by atoms with van der Waals surface area (Å²) in [4.78, 5) is 26.3. The fourth-order valence-corrected chi connectivity index (χ4v) is 2.99. The molecule has 0 spiro atoms. The Morgan fingerprint density at radius 1 is 1.09 bits per heavy atom. The third kappa shape index (κ3) is 3.01. The molecule has 23 heavy (non-hydrogen) atoms. The Kier molecular flexibility index (Phi) is 4.22. The Morgan fingerprint density at radius 2 is 1.78 bits per heavy atom. The normalized spacial score (nSPS) is 17.7. The Labute approximate surface area is 143 Å². The highest BCUT2D eigenvalue weighted by atomic mass is 79.9. The molecule has 2 aromatic carbocycles. The van der Waals surface area contributed by atoms with Crippen LogP contribution in [0.1, 0.15) is 17.5 Å². The summed E-state index contributed by atoms with van der Waals surface area (Å²) in [6.45, 7) is 3.90. The van der Waals surface area contributed by atoms with E-state index in [0.717, 1.165) is 21.3 Å². The number of halogens is 1. The lowest BCUT2D eigenvalue weighted by molar-refractivity contribution is -0.121. The van der Waals surface area contributed by atoms with Crippen LogP contribution in [0.3, 0.4) is 0 Å². The predicted molar refractivity (Wildman–Crippen MR) is 94.6 cm³/mol. The molecule has 4 nitrogen and oxygen atoms in total. The molecule has 0 bridgehead atoms. The van der Waals surface area contributed by atoms with Crippen LogP contribution in [0, 0.1) is 13.8 Å². The van der Waals surface area contributed by atoms with Gasteiger partial charge in [0, 0.05) is 10.2 Å². The molecular weight excluding hydrogens is 356 g/mol. The molecule has 0 aliphatic carbocycles. The molecule has 1 unspecified atom stereocenters. The number of imide groups is 1. The van der Waals surface area contributed by atoms with Crippen molar-refractivity contribution in [2.24, 2.45) is 0 Å². The topological polar surface area (TPSA) is 49.4 Å².